The van der Waals surface area contributed by atoms with E-state index in [2.05, 4.69) is 20.1 Å². The van der Waals surface area contributed by atoms with Crippen molar-refractivity contribution in [3.63, 3.8) is 0 Å². The van der Waals surface area contributed by atoms with E-state index in [1.54, 1.807) is 0 Å². The molecule has 160 valence electrons. The molecular formula is C25H28N4O2. The maximum absolute atomic E-state index is 13.5. The summed E-state index contributed by atoms with van der Waals surface area (Å²) in [4.78, 5) is 22.5. The Labute approximate surface area is 183 Å². The lowest BCUT2D eigenvalue weighted by Crippen LogP contribution is -2.50. The number of benzene rings is 2. The fraction of sp³-hybridized carbons (Fsp3) is 0.280. The summed E-state index contributed by atoms with van der Waals surface area (Å²) in [5, 5.41) is 3.10. The molecule has 1 aromatic heterocycles. The van der Waals surface area contributed by atoms with E-state index in [9.17, 15) is 4.79 Å². The molecule has 1 atom stereocenters. The van der Waals surface area contributed by atoms with Crippen LogP contribution in [0.1, 0.15) is 18.5 Å². The van der Waals surface area contributed by atoms with Crippen molar-refractivity contribution in [1.29, 1.82) is 0 Å². The van der Waals surface area contributed by atoms with Gasteiger partial charge in [0, 0.05) is 32.4 Å². The standard InChI is InChI=1S/C25H28N4O2/c1-2-31-22-13-7-6-12-21(22)27-25(30)24(20-10-4-3-5-11-20)29-18-16-28(17-19-29)23-14-8-9-15-26-23/h3-15,24H,2,16-19H2,1H3,(H,27,30)/t24-/m1/s1. The molecule has 2 aromatic carbocycles. The Bertz CT molecular complexity index is 973. The molecule has 1 saturated heterocycles. The summed E-state index contributed by atoms with van der Waals surface area (Å²) in [6.07, 6.45) is 1.82. The van der Waals surface area contributed by atoms with E-state index in [4.69, 9.17) is 4.74 Å². The number of anilines is 2. The van der Waals surface area contributed by atoms with Crippen LogP contribution in [0.5, 0.6) is 5.75 Å². The molecule has 6 heteroatoms. The predicted molar refractivity (Wildman–Crippen MR) is 123 cm³/mol. The van der Waals surface area contributed by atoms with E-state index in [-0.39, 0.29) is 11.9 Å². The molecule has 6 nitrogen and oxygen atoms in total. The molecule has 2 heterocycles. The van der Waals surface area contributed by atoms with Crippen molar-refractivity contribution in [3.05, 3.63) is 84.6 Å². The van der Waals surface area contributed by atoms with E-state index in [0.29, 0.717) is 18.0 Å². The predicted octanol–water partition coefficient (Wildman–Crippen LogP) is 3.98. The molecule has 0 saturated carbocycles. The maximum Gasteiger partial charge on any atom is 0.246 e. The van der Waals surface area contributed by atoms with E-state index >= 15 is 0 Å². The van der Waals surface area contributed by atoms with E-state index in [1.807, 2.05) is 85.9 Å². The van der Waals surface area contributed by atoms with Gasteiger partial charge in [-0.15, -0.1) is 0 Å². The van der Waals surface area contributed by atoms with Crippen LogP contribution in [0.4, 0.5) is 11.5 Å². The quantitative estimate of drug-likeness (QED) is 0.631. The number of nitrogens with zero attached hydrogens (tertiary/aromatic N) is 3. The molecule has 3 aromatic rings. The van der Waals surface area contributed by atoms with Crippen LogP contribution in [-0.4, -0.2) is 48.6 Å². The Morgan fingerprint density at radius 1 is 0.968 bits per heavy atom. The smallest absolute Gasteiger partial charge is 0.246 e. The van der Waals surface area contributed by atoms with Crippen LogP contribution in [-0.2, 0) is 4.79 Å². The Hall–Kier alpha value is -3.38. The van der Waals surface area contributed by atoms with Gasteiger partial charge in [0.25, 0.3) is 0 Å². The van der Waals surface area contributed by atoms with Gasteiger partial charge >= 0.3 is 0 Å². The second-order valence-corrected chi connectivity index (χ2v) is 7.44. The summed E-state index contributed by atoms with van der Waals surface area (Å²) >= 11 is 0. The zero-order chi connectivity index (χ0) is 21.5. The summed E-state index contributed by atoms with van der Waals surface area (Å²) in [5.41, 5.74) is 1.68. The fourth-order valence-electron chi connectivity index (χ4n) is 3.97. The molecular weight excluding hydrogens is 388 g/mol. The zero-order valence-electron chi connectivity index (χ0n) is 17.8. The summed E-state index contributed by atoms with van der Waals surface area (Å²) in [7, 11) is 0. The first kappa shape index (κ1) is 20.9. The van der Waals surface area contributed by atoms with E-state index < -0.39 is 0 Å². The Kier molecular flexibility index (Phi) is 6.79. The molecule has 31 heavy (non-hydrogen) atoms. The van der Waals surface area contributed by atoms with Crippen molar-refractivity contribution < 1.29 is 9.53 Å². The van der Waals surface area contributed by atoms with Gasteiger partial charge in [0.2, 0.25) is 5.91 Å². The number of ether oxygens (including phenoxy) is 1. The first-order chi connectivity index (χ1) is 15.3. The van der Waals surface area contributed by atoms with Crippen LogP contribution in [0.25, 0.3) is 0 Å². The average molecular weight is 417 g/mol. The lowest BCUT2D eigenvalue weighted by molar-refractivity contribution is -0.121. The number of hydrogen-bond donors (Lipinski definition) is 1. The monoisotopic (exact) mass is 416 g/mol. The van der Waals surface area contributed by atoms with Gasteiger partial charge in [-0.25, -0.2) is 4.98 Å². The van der Waals surface area contributed by atoms with Crippen molar-refractivity contribution in [2.45, 2.75) is 13.0 Å². The molecule has 0 unspecified atom stereocenters. The first-order valence-electron chi connectivity index (χ1n) is 10.7. The van der Waals surface area contributed by atoms with Crippen LogP contribution in [0.2, 0.25) is 0 Å². The number of aromatic nitrogens is 1. The number of rotatable bonds is 7. The highest BCUT2D eigenvalue weighted by Crippen LogP contribution is 2.28. The molecule has 4 rings (SSSR count). The number of piperazine rings is 1. The summed E-state index contributed by atoms with van der Waals surface area (Å²) < 4.78 is 5.69. The third kappa shape index (κ3) is 5.03. The van der Waals surface area contributed by atoms with Crippen molar-refractivity contribution in [3.8, 4) is 5.75 Å². The summed E-state index contributed by atoms with van der Waals surface area (Å²) in [6, 6.07) is 23.1. The van der Waals surface area contributed by atoms with Crippen LogP contribution < -0.4 is 15.0 Å². The Morgan fingerprint density at radius 2 is 1.68 bits per heavy atom. The number of hydrogen-bond acceptors (Lipinski definition) is 5. The Morgan fingerprint density at radius 3 is 2.39 bits per heavy atom. The van der Waals surface area contributed by atoms with E-state index in [0.717, 1.165) is 37.6 Å². The van der Waals surface area contributed by atoms with Crippen molar-refractivity contribution in [2.24, 2.45) is 0 Å². The van der Waals surface area contributed by atoms with Crippen molar-refractivity contribution in [2.75, 3.05) is 43.0 Å². The molecule has 1 N–H and O–H groups in total. The second kappa shape index (κ2) is 10.1. The van der Waals surface area contributed by atoms with Crippen LogP contribution in [0.15, 0.2) is 79.0 Å². The van der Waals surface area contributed by atoms with Gasteiger partial charge < -0.3 is 15.0 Å². The van der Waals surface area contributed by atoms with E-state index in [1.165, 1.54) is 0 Å². The van der Waals surface area contributed by atoms with Gasteiger partial charge in [-0.3, -0.25) is 9.69 Å². The molecule has 0 bridgehead atoms. The number of amides is 1. The lowest BCUT2D eigenvalue weighted by Gasteiger charge is -2.39. The fourth-order valence-corrected chi connectivity index (χ4v) is 3.97. The highest BCUT2D eigenvalue weighted by molar-refractivity contribution is 5.96. The summed E-state index contributed by atoms with van der Waals surface area (Å²) in [5.74, 6) is 1.61. The molecule has 0 spiro atoms. The maximum atomic E-state index is 13.5. The molecule has 1 aliphatic heterocycles. The topological polar surface area (TPSA) is 57.7 Å². The third-order valence-electron chi connectivity index (χ3n) is 5.46. The number of nitrogens with one attached hydrogen (secondary N) is 1. The highest BCUT2D eigenvalue weighted by atomic mass is 16.5. The van der Waals surface area contributed by atoms with Gasteiger partial charge in [0.05, 0.1) is 12.3 Å². The molecule has 0 radical (unpaired) electrons. The van der Waals surface area contributed by atoms with Crippen LogP contribution >= 0.6 is 0 Å². The van der Waals surface area contributed by atoms with Crippen molar-refractivity contribution >= 4 is 17.4 Å². The molecule has 1 aliphatic rings. The van der Waals surface area contributed by atoms with Crippen LogP contribution in [0, 0.1) is 0 Å². The van der Waals surface area contributed by atoms with Gasteiger partial charge in [-0.2, -0.15) is 0 Å². The molecule has 0 aliphatic carbocycles. The lowest BCUT2D eigenvalue weighted by atomic mass is 10.0. The second-order valence-electron chi connectivity index (χ2n) is 7.44. The average Bonchev–Trinajstić information content (AvgIpc) is 2.82. The third-order valence-corrected chi connectivity index (χ3v) is 5.46. The highest BCUT2D eigenvalue weighted by Gasteiger charge is 2.31. The number of para-hydroxylation sites is 2. The zero-order valence-corrected chi connectivity index (χ0v) is 17.8. The number of carbonyl (C=O) groups is 1. The van der Waals surface area contributed by atoms with Crippen molar-refractivity contribution in [1.82, 2.24) is 9.88 Å². The van der Waals surface area contributed by atoms with Gasteiger partial charge in [0.1, 0.15) is 17.6 Å². The largest absolute Gasteiger partial charge is 0.492 e. The first-order valence-corrected chi connectivity index (χ1v) is 10.7. The molecule has 1 amide bonds. The van der Waals surface area contributed by atoms with Gasteiger partial charge in [-0.1, -0.05) is 48.5 Å². The number of carbonyl (C=O) groups excluding carboxylic acids is 1. The van der Waals surface area contributed by atoms with Gasteiger partial charge in [0.15, 0.2) is 0 Å². The normalized spacial score (nSPS) is 15.3. The minimum absolute atomic E-state index is 0.0513. The Balaban J connectivity index is 1.53. The minimum Gasteiger partial charge on any atom is -0.492 e. The van der Waals surface area contributed by atoms with Gasteiger partial charge in [-0.05, 0) is 36.8 Å². The summed E-state index contributed by atoms with van der Waals surface area (Å²) in [6.45, 7) is 5.68. The molecule has 1 fully saturated rings. The van der Waals surface area contributed by atoms with Crippen LogP contribution in [0.3, 0.4) is 0 Å². The number of pyridine rings is 1. The SMILES string of the molecule is CCOc1ccccc1NC(=O)[C@@H](c1ccccc1)N1CCN(c2ccccn2)CC1. The minimum atomic E-state index is -0.373.